The van der Waals surface area contributed by atoms with Gasteiger partial charge in [-0.25, -0.2) is 0 Å². The van der Waals surface area contributed by atoms with Crippen LogP contribution in [0.15, 0.2) is 0 Å². The van der Waals surface area contributed by atoms with Crippen LogP contribution in [0, 0.1) is 5.92 Å². The van der Waals surface area contributed by atoms with E-state index in [1.165, 1.54) is 13.8 Å². The summed E-state index contributed by atoms with van der Waals surface area (Å²) in [4.78, 5) is 10.0. The molecule has 0 saturated carbocycles. The highest BCUT2D eigenvalue weighted by Gasteiger charge is 2.42. The van der Waals surface area contributed by atoms with Gasteiger partial charge >= 0.3 is 12.1 Å². The second-order valence-corrected chi connectivity index (χ2v) is 3.22. The van der Waals surface area contributed by atoms with Crippen LogP contribution in [0.5, 0.6) is 0 Å². The number of alkyl halides is 3. The molecule has 0 aromatic carbocycles. The fourth-order valence-corrected chi connectivity index (χ4v) is 0.938. The number of rotatable bonds is 5. The Bertz CT molecular complexity index is 189. The maximum atomic E-state index is 12.2. The average Bonchev–Trinajstić information content (AvgIpc) is 1.94. The smallest absolute Gasteiger partial charge is 0.414 e. The standard InChI is InChI=1S/C8H13F3O3/c1-5(2)7(8(9,10)11)14-4-3-6(12)13/h5,7H,3-4H2,1-2H3,(H,12,13)/t7-/m0/s1. The first-order chi connectivity index (χ1) is 6.25. The summed E-state index contributed by atoms with van der Waals surface area (Å²) in [6.45, 7) is 2.33. The highest BCUT2D eigenvalue weighted by Crippen LogP contribution is 2.28. The van der Waals surface area contributed by atoms with Crippen LogP contribution in [0.25, 0.3) is 0 Å². The molecule has 0 aromatic heterocycles. The molecule has 0 spiro atoms. The number of hydrogen-bond acceptors (Lipinski definition) is 2. The van der Waals surface area contributed by atoms with Crippen molar-refractivity contribution in [3.63, 3.8) is 0 Å². The molecule has 6 heteroatoms. The number of carbonyl (C=O) groups is 1. The summed E-state index contributed by atoms with van der Waals surface area (Å²) in [6.07, 6.45) is -6.74. The molecular weight excluding hydrogens is 201 g/mol. The summed E-state index contributed by atoms with van der Waals surface area (Å²) in [7, 11) is 0. The first-order valence-corrected chi connectivity index (χ1v) is 4.15. The van der Waals surface area contributed by atoms with Gasteiger partial charge < -0.3 is 9.84 Å². The predicted octanol–water partition coefficient (Wildman–Crippen LogP) is 2.06. The molecule has 0 heterocycles. The van der Waals surface area contributed by atoms with E-state index in [-0.39, 0.29) is 0 Å². The van der Waals surface area contributed by atoms with E-state index in [9.17, 15) is 18.0 Å². The van der Waals surface area contributed by atoms with Crippen LogP contribution in [0.1, 0.15) is 20.3 Å². The van der Waals surface area contributed by atoms with Crippen LogP contribution in [0.3, 0.4) is 0 Å². The Kier molecular flexibility index (Phi) is 4.90. The summed E-state index contributed by atoms with van der Waals surface area (Å²) in [5.74, 6) is -1.89. The van der Waals surface area contributed by atoms with Crippen LogP contribution in [0.2, 0.25) is 0 Å². The number of hydrogen-bond donors (Lipinski definition) is 1. The van der Waals surface area contributed by atoms with Gasteiger partial charge in [-0.2, -0.15) is 13.2 Å². The maximum absolute atomic E-state index is 12.2. The fourth-order valence-electron chi connectivity index (χ4n) is 0.938. The number of halogens is 3. The maximum Gasteiger partial charge on any atom is 0.414 e. The third-order valence-corrected chi connectivity index (χ3v) is 1.54. The quantitative estimate of drug-likeness (QED) is 0.761. The Morgan fingerprint density at radius 1 is 1.43 bits per heavy atom. The molecule has 84 valence electrons. The first-order valence-electron chi connectivity index (χ1n) is 4.15. The van der Waals surface area contributed by atoms with Crippen LogP contribution in [-0.2, 0) is 9.53 Å². The monoisotopic (exact) mass is 214 g/mol. The number of aliphatic carboxylic acids is 1. The summed E-state index contributed by atoms with van der Waals surface area (Å²) in [5.41, 5.74) is 0. The lowest BCUT2D eigenvalue weighted by molar-refractivity contribution is -0.233. The molecule has 0 aromatic rings. The molecule has 0 rings (SSSR count). The fraction of sp³-hybridized carbons (Fsp3) is 0.875. The van der Waals surface area contributed by atoms with Gasteiger partial charge in [0.2, 0.25) is 0 Å². The van der Waals surface area contributed by atoms with Crippen molar-refractivity contribution in [1.29, 1.82) is 0 Å². The lowest BCUT2D eigenvalue weighted by Crippen LogP contribution is -2.36. The van der Waals surface area contributed by atoms with E-state index in [1.54, 1.807) is 0 Å². The summed E-state index contributed by atoms with van der Waals surface area (Å²) in [6, 6.07) is 0. The third kappa shape index (κ3) is 5.06. The van der Waals surface area contributed by atoms with Gasteiger partial charge in [-0.1, -0.05) is 13.8 Å². The second-order valence-electron chi connectivity index (χ2n) is 3.22. The van der Waals surface area contributed by atoms with Crippen molar-refractivity contribution in [3.8, 4) is 0 Å². The van der Waals surface area contributed by atoms with Crippen molar-refractivity contribution in [1.82, 2.24) is 0 Å². The summed E-state index contributed by atoms with van der Waals surface area (Å²) < 4.78 is 41.1. The van der Waals surface area contributed by atoms with Crippen molar-refractivity contribution < 1.29 is 27.8 Å². The van der Waals surface area contributed by atoms with Gasteiger partial charge in [-0.15, -0.1) is 0 Å². The van der Waals surface area contributed by atoms with Crippen molar-refractivity contribution in [3.05, 3.63) is 0 Å². The zero-order chi connectivity index (χ0) is 11.4. The molecule has 0 saturated heterocycles. The van der Waals surface area contributed by atoms with Crippen LogP contribution < -0.4 is 0 Å². The van der Waals surface area contributed by atoms with E-state index in [2.05, 4.69) is 4.74 Å². The van der Waals surface area contributed by atoms with E-state index in [4.69, 9.17) is 5.11 Å². The predicted molar refractivity (Wildman–Crippen MR) is 42.9 cm³/mol. The van der Waals surface area contributed by atoms with Crippen molar-refractivity contribution in [2.24, 2.45) is 5.92 Å². The zero-order valence-corrected chi connectivity index (χ0v) is 7.97. The lowest BCUT2D eigenvalue weighted by Gasteiger charge is -2.23. The first kappa shape index (κ1) is 13.2. The molecule has 14 heavy (non-hydrogen) atoms. The minimum atomic E-state index is -4.44. The van der Waals surface area contributed by atoms with Crippen molar-refractivity contribution in [2.45, 2.75) is 32.5 Å². The van der Waals surface area contributed by atoms with Gasteiger partial charge in [0.05, 0.1) is 13.0 Å². The van der Waals surface area contributed by atoms with E-state index in [1.807, 2.05) is 0 Å². The van der Waals surface area contributed by atoms with Gasteiger partial charge in [0.1, 0.15) is 0 Å². The van der Waals surface area contributed by atoms with E-state index < -0.39 is 37.2 Å². The zero-order valence-electron chi connectivity index (χ0n) is 7.97. The van der Waals surface area contributed by atoms with Crippen LogP contribution in [-0.4, -0.2) is 30.0 Å². The molecule has 1 atom stereocenters. The molecule has 0 aliphatic carbocycles. The molecule has 0 unspecified atom stereocenters. The summed E-state index contributed by atoms with van der Waals surface area (Å²) >= 11 is 0. The molecule has 1 N–H and O–H groups in total. The largest absolute Gasteiger partial charge is 0.481 e. The van der Waals surface area contributed by atoms with E-state index in [0.29, 0.717) is 0 Å². The van der Waals surface area contributed by atoms with Gasteiger partial charge in [0, 0.05) is 0 Å². The van der Waals surface area contributed by atoms with Crippen molar-refractivity contribution >= 4 is 5.97 Å². The molecule has 0 radical (unpaired) electrons. The lowest BCUT2D eigenvalue weighted by atomic mass is 10.1. The van der Waals surface area contributed by atoms with Gasteiger partial charge in [0.15, 0.2) is 6.10 Å². The molecule has 3 nitrogen and oxygen atoms in total. The second kappa shape index (κ2) is 5.19. The van der Waals surface area contributed by atoms with Gasteiger partial charge in [-0.3, -0.25) is 4.79 Å². The SMILES string of the molecule is CC(C)[C@H](OCCC(=O)O)C(F)(F)F. The minimum absolute atomic E-state index is 0.417. The molecule has 0 aliphatic heterocycles. The molecule has 0 aliphatic rings. The molecule has 0 amide bonds. The Morgan fingerprint density at radius 3 is 2.21 bits per heavy atom. The average molecular weight is 214 g/mol. The highest BCUT2D eigenvalue weighted by atomic mass is 19.4. The Morgan fingerprint density at radius 2 is 1.93 bits per heavy atom. The van der Waals surface area contributed by atoms with Crippen molar-refractivity contribution in [2.75, 3.05) is 6.61 Å². The number of carboxylic acids is 1. The third-order valence-electron chi connectivity index (χ3n) is 1.54. The van der Waals surface area contributed by atoms with Crippen LogP contribution >= 0.6 is 0 Å². The summed E-state index contributed by atoms with van der Waals surface area (Å²) in [5, 5.41) is 8.21. The molecular formula is C8H13F3O3. The van der Waals surface area contributed by atoms with E-state index >= 15 is 0 Å². The highest BCUT2D eigenvalue weighted by molar-refractivity contribution is 5.66. The minimum Gasteiger partial charge on any atom is -0.481 e. The Hall–Kier alpha value is -0.780. The van der Waals surface area contributed by atoms with Gasteiger partial charge in [0.25, 0.3) is 0 Å². The van der Waals surface area contributed by atoms with Gasteiger partial charge in [-0.05, 0) is 5.92 Å². The Labute approximate surface area is 79.9 Å². The molecule has 0 fully saturated rings. The van der Waals surface area contributed by atoms with E-state index in [0.717, 1.165) is 0 Å². The number of carboxylic acid groups (broad SMARTS) is 1. The normalized spacial score (nSPS) is 14.4. The number of ether oxygens (including phenoxy) is 1. The van der Waals surface area contributed by atoms with Crippen LogP contribution in [0.4, 0.5) is 13.2 Å². The topological polar surface area (TPSA) is 46.5 Å². The Balaban J connectivity index is 4.06. The molecule has 0 bridgehead atoms.